The number of aryl methyl sites for hydroxylation is 1. The predicted molar refractivity (Wildman–Crippen MR) is 83.5 cm³/mol. The molecule has 6 nitrogen and oxygen atoms in total. The highest BCUT2D eigenvalue weighted by atomic mass is 32.2. The van der Waals surface area contributed by atoms with Crippen LogP contribution >= 0.6 is 11.3 Å². The molecule has 0 atom stereocenters. The molecular formula is C14H17N3O3S2. The molecule has 8 heteroatoms. The topological polar surface area (TPSA) is 72.4 Å². The molecule has 0 bridgehead atoms. The zero-order valence-electron chi connectivity index (χ0n) is 12.2. The summed E-state index contributed by atoms with van der Waals surface area (Å²) in [5.41, 5.74) is 0.837. The van der Waals surface area contributed by atoms with E-state index in [1.807, 2.05) is 13.0 Å². The Morgan fingerprint density at radius 2 is 2.00 bits per heavy atom. The van der Waals surface area contributed by atoms with Crippen molar-refractivity contribution in [1.82, 2.24) is 14.5 Å². The monoisotopic (exact) mass is 339 g/mol. The summed E-state index contributed by atoms with van der Waals surface area (Å²) in [6.45, 7) is 2.79. The van der Waals surface area contributed by atoms with E-state index in [0.29, 0.717) is 36.0 Å². The lowest BCUT2D eigenvalue weighted by Crippen LogP contribution is -2.41. The summed E-state index contributed by atoms with van der Waals surface area (Å²) in [7, 11) is -3.35. The normalized spacial score (nSPS) is 17.5. The van der Waals surface area contributed by atoms with E-state index in [1.54, 1.807) is 23.6 Å². The van der Waals surface area contributed by atoms with Gasteiger partial charge in [0.05, 0.1) is 5.69 Å². The van der Waals surface area contributed by atoms with E-state index in [4.69, 9.17) is 4.74 Å². The first-order valence-electron chi connectivity index (χ1n) is 7.06. The average Bonchev–Trinajstić information content (AvgIpc) is 3.05. The van der Waals surface area contributed by atoms with Gasteiger partial charge in [0, 0.05) is 19.2 Å². The van der Waals surface area contributed by atoms with E-state index >= 15 is 0 Å². The summed E-state index contributed by atoms with van der Waals surface area (Å²) in [5.74, 6) is 0.491. The van der Waals surface area contributed by atoms with Crippen molar-refractivity contribution in [3.05, 3.63) is 35.3 Å². The first-order valence-corrected chi connectivity index (χ1v) is 9.38. The van der Waals surface area contributed by atoms with Gasteiger partial charge >= 0.3 is 0 Å². The van der Waals surface area contributed by atoms with Crippen LogP contribution in [-0.4, -0.2) is 42.1 Å². The average molecular weight is 339 g/mol. The Bertz CT molecular complexity index is 706. The summed E-state index contributed by atoms with van der Waals surface area (Å²) < 4.78 is 32.5. The standard InChI is InChI=1S/C14H17N3O3S2/c1-11-4-5-13(16-15-11)20-12-6-8-17(9-7-12)22(18,19)14-3-2-10-21-14/h2-5,10,12H,6-9H2,1H3. The summed E-state index contributed by atoms with van der Waals surface area (Å²) in [5, 5.41) is 9.71. The van der Waals surface area contributed by atoms with E-state index in [1.165, 1.54) is 15.6 Å². The van der Waals surface area contributed by atoms with Crippen molar-refractivity contribution >= 4 is 21.4 Å². The Kier molecular flexibility index (Phi) is 4.42. The van der Waals surface area contributed by atoms with Crippen LogP contribution in [0.3, 0.4) is 0 Å². The lowest BCUT2D eigenvalue weighted by atomic mass is 10.1. The van der Waals surface area contributed by atoms with Crippen LogP contribution < -0.4 is 4.74 Å². The summed E-state index contributed by atoms with van der Waals surface area (Å²) >= 11 is 1.25. The van der Waals surface area contributed by atoms with Gasteiger partial charge in [0.25, 0.3) is 10.0 Å². The SMILES string of the molecule is Cc1ccc(OC2CCN(S(=O)(=O)c3cccs3)CC2)nn1. The highest BCUT2D eigenvalue weighted by Crippen LogP contribution is 2.25. The van der Waals surface area contributed by atoms with Crippen molar-refractivity contribution in [3.8, 4) is 5.88 Å². The number of rotatable bonds is 4. The molecule has 1 aliphatic heterocycles. The summed E-state index contributed by atoms with van der Waals surface area (Å²) in [4.78, 5) is 0. The Balaban J connectivity index is 1.60. The summed E-state index contributed by atoms with van der Waals surface area (Å²) in [6, 6.07) is 7.03. The fourth-order valence-electron chi connectivity index (χ4n) is 2.35. The number of hydrogen-bond acceptors (Lipinski definition) is 6. The van der Waals surface area contributed by atoms with Crippen molar-refractivity contribution in [2.45, 2.75) is 30.1 Å². The third kappa shape index (κ3) is 3.29. The van der Waals surface area contributed by atoms with E-state index < -0.39 is 10.0 Å². The lowest BCUT2D eigenvalue weighted by Gasteiger charge is -2.30. The molecule has 0 unspecified atom stereocenters. The van der Waals surface area contributed by atoms with Gasteiger partial charge in [-0.15, -0.1) is 16.4 Å². The van der Waals surface area contributed by atoms with E-state index in [-0.39, 0.29) is 6.10 Å². The molecule has 0 spiro atoms. The van der Waals surface area contributed by atoms with Gasteiger partial charge in [0.15, 0.2) is 0 Å². The van der Waals surface area contributed by atoms with Crippen LogP contribution in [-0.2, 0) is 10.0 Å². The van der Waals surface area contributed by atoms with E-state index in [0.717, 1.165) is 5.69 Å². The number of hydrogen-bond donors (Lipinski definition) is 0. The molecule has 0 N–H and O–H groups in total. The Morgan fingerprint density at radius 1 is 1.23 bits per heavy atom. The molecule has 0 amide bonds. The molecule has 0 aliphatic carbocycles. The minimum absolute atomic E-state index is 0.0215. The smallest absolute Gasteiger partial charge is 0.252 e. The first-order chi connectivity index (χ1) is 10.6. The van der Waals surface area contributed by atoms with Crippen LogP contribution in [0.15, 0.2) is 33.9 Å². The van der Waals surface area contributed by atoms with Gasteiger partial charge < -0.3 is 4.74 Å². The molecule has 3 heterocycles. The third-order valence-electron chi connectivity index (χ3n) is 3.55. The number of piperidine rings is 1. The summed E-state index contributed by atoms with van der Waals surface area (Å²) in [6.07, 6.45) is 1.28. The molecule has 0 aromatic carbocycles. The second kappa shape index (κ2) is 6.31. The van der Waals surface area contributed by atoms with Gasteiger partial charge in [-0.1, -0.05) is 6.07 Å². The molecule has 1 saturated heterocycles. The number of nitrogens with zero attached hydrogens (tertiary/aromatic N) is 3. The number of aromatic nitrogens is 2. The van der Waals surface area contributed by atoms with Crippen LogP contribution in [0.1, 0.15) is 18.5 Å². The quantitative estimate of drug-likeness (QED) is 0.853. The van der Waals surface area contributed by atoms with Gasteiger partial charge in [0.1, 0.15) is 10.3 Å². The molecule has 22 heavy (non-hydrogen) atoms. The lowest BCUT2D eigenvalue weighted by molar-refractivity contribution is 0.128. The first kappa shape index (κ1) is 15.4. The van der Waals surface area contributed by atoms with Crippen LogP contribution in [0.5, 0.6) is 5.88 Å². The van der Waals surface area contributed by atoms with Gasteiger partial charge in [-0.05, 0) is 37.3 Å². The molecule has 3 rings (SSSR count). The van der Waals surface area contributed by atoms with Crippen LogP contribution in [0.2, 0.25) is 0 Å². The van der Waals surface area contributed by atoms with Crippen LogP contribution in [0, 0.1) is 6.92 Å². The Labute approximate surface area is 133 Å². The highest BCUT2D eigenvalue weighted by Gasteiger charge is 2.30. The number of thiophene rings is 1. The maximum absolute atomic E-state index is 12.4. The minimum Gasteiger partial charge on any atom is -0.473 e. The van der Waals surface area contributed by atoms with Gasteiger partial charge in [-0.2, -0.15) is 9.40 Å². The molecular weight excluding hydrogens is 322 g/mol. The van der Waals surface area contributed by atoms with Crippen LogP contribution in [0.25, 0.3) is 0 Å². The van der Waals surface area contributed by atoms with Gasteiger partial charge in [0.2, 0.25) is 5.88 Å². The number of ether oxygens (including phenoxy) is 1. The van der Waals surface area contributed by atoms with Crippen LogP contribution in [0.4, 0.5) is 0 Å². The Hall–Kier alpha value is -1.51. The zero-order chi connectivity index (χ0) is 15.6. The molecule has 2 aromatic rings. The molecule has 0 saturated carbocycles. The number of sulfonamides is 1. The predicted octanol–water partition coefficient (Wildman–Crippen LogP) is 2.08. The van der Waals surface area contributed by atoms with Crippen molar-refractivity contribution in [2.75, 3.05) is 13.1 Å². The molecule has 118 valence electrons. The molecule has 1 fully saturated rings. The van der Waals surface area contributed by atoms with Gasteiger partial charge in [-0.3, -0.25) is 0 Å². The van der Waals surface area contributed by atoms with E-state index in [2.05, 4.69) is 10.2 Å². The largest absolute Gasteiger partial charge is 0.473 e. The zero-order valence-corrected chi connectivity index (χ0v) is 13.8. The highest BCUT2D eigenvalue weighted by molar-refractivity contribution is 7.91. The molecule has 0 radical (unpaired) electrons. The van der Waals surface area contributed by atoms with E-state index in [9.17, 15) is 8.42 Å². The maximum atomic E-state index is 12.4. The minimum atomic E-state index is -3.35. The second-order valence-corrected chi connectivity index (χ2v) is 8.28. The fourth-order valence-corrected chi connectivity index (χ4v) is 4.96. The fraction of sp³-hybridized carbons (Fsp3) is 0.429. The second-order valence-electron chi connectivity index (χ2n) is 5.17. The molecule has 2 aromatic heterocycles. The van der Waals surface area contributed by atoms with Crippen molar-refractivity contribution in [1.29, 1.82) is 0 Å². The Morgan fingerprint density at radius 3 is 2.59 bits per heavy atom. The van der Waals surface area contributed by atoms with Crippen molar-refractivity contribution in [3.63, 3.8) is 0 Å². The molecule has 1 aliphatic rings. The van der Waals surface area contributed by atoms with Gasteiger partial charge in [-0.25, -0.2) is 8.42 Å². The van der Waals surface area contributed by atoms with Crippen molar-refractivity contribution < 1.29 is 13.2 Å². The maximum Gasteiger partial charge on any atom is 0.252 e. The third-order valence-corrected chi connectivity index (χ3v) is 6.82. The van der Waals surface area contributed by atoms with Crippen molar-refractivity contribution in [2.24, 2.45) is 0 Å².